The third-order valence-corrected chi connectivity index (χ3v) is 3.50. The van der Waals surface area contributed by atoms with Crippen molar-refractivity contribution in [2.24, 2.45) is 0 Å². The lowest BCUT2D eigenvalue weighted by molar-refractivity contribution is 0.684. The summed E-state index contributed by atoms with van der Waals surface area (Å²) >= 11 is 3.37. The quantitative estimate of drug-likeness (QED) is 0.773. The largest absolute Gasteiger partial charge is 0.366 e. The van der Waals surface area contributed by atoms with Gasteiger partial charge in [0.1, 0.15) is 18.5 Å². The van der Waals surface area contributed by atoms with Gasteiger partial charge < -0.3 is 5.32 Å². The Morgan fingerprint density at radius 1 is 1.05 bits per heavy atom. The van der Waals surface area contributed by atoms with E-state index in [1.165, 1.54) is 11.1 Å². The van der Waals surface area contributed by atoms with Gasteiger partial charge in [-0.1, -0.05) is 24.3 Å². The molecule has 3 rings (SSSR count). The average molecular weight is 344 g/mol. The van der Waals surface area contributed by atoms with Gasteiger partial charge in [-0.25, -0.2) is 14.6 Å². The molecule has 1 aromatic carbocycles. The Balaban J connectivity index is 1.58. The topological polar surface area (TPSA) is 55.6 Å². The number of nitrogens with one attached hydrogen (secondary N) is 1. The van der Waals surface area contributed by atoms with Gasteiger partial charge >= 0.3 is 0 Å². The number of halogens is 1. The summed E-state index contributed by atoms with van der Waals surface area (Å²) in [7, 11) is 0. The molecule has 0 amide bonds. The molecule has 2 aromatic heterocycles. The summed E-state index contributed by atoms with van der Waals surface area (Å²) in [5.41, 5.74) is 2.41. The molecule has 1 N–H and O–H groups in total. The van der Waals surface area contributed by atoms with Crippen molar-refractivity contribution in [2.45, 2.75) is 13.1 Å². The van der Waals surface area contributed by atoms with Gasteiger partial charge in [-0.15, -0.1) is 0 Å². The van der Waals surface area contributed by atoms with Crippen LogP contribution in [0, 0.1) is 0 Å². The number of rotatable bonds is 5. The normalized spacial score (nSPS) is 10.5. The number of anilines is 1. The van der Waals surface area contributed by atoms with Crippen LogP contribution in [0.1, 0.15) is 11.1 Å². The Bertz CT molecular complexity index is 677. The molecule has 21 heavy (non-hydrogen) atoms. The highest BCUT2D eigenvalue weighted by Gasteiger charge is 1.98. The molecule has 0 saturated heterocycles. The van der Waals surface area contributed by atoms with Crippen LogP contribution in [0.5, 0.6) is 0 Å². The zero-order chi connectivity index (χ0) is 14.5. The van der Waals surface area contributed by atoms with Gasteiger partial charge in [0.2, 0.25) is 0 Å². The minimum absolute atomic E-state index is 0.738. The minimum atomic E-state index is 0.738. The molecule has 2 heterocycles. The molecule has 0 fully saturated rings. The van der Waals surface area contributed by atoms with Crippen LogP contribution in [0.4, 0.5) is 5.82 Å². The molecule has 0 saturated carbocycles. The lowest BCUT2D eigenvalue weighted by Gasteiger charge is -2.07. The number of benzene rings is 1. The third kappa shape index (κ3) is 3.88. The second-order valence-electron chi connectivity index (χ2n) is 4.62. The number of pyridine rings is 1. The first-order valence-corrected chi connectivity index (χ1v) is 7.34. The highest BCUT2D eigenvalue weighted by atomic mass is 79.9. The molecule has 0 atom stereocenters. The molecule has 6 heteroatoms. The molecule has 0 spiro atoms. The van der Waals surface area contributed by atoms with E-state index in [2.05, 4.69) is 60.6 Å². The molecule has 0 aliphatic carbocycles. The maximum Gasteiger partial charge on any atom is 0.137 e. The van der Waals surface area contributed by atoms with Gasteiger partial charge in [-0.3, -0.25) is 0 Å². The molecular weight excluding hydrogens is 330 g/mol. The Hall–Kier alpha value is -2.21. The summed E-state index contributed by atoms with van der Waals surface area (Å²) in [6.45, 7) is 1.49. The maximum atomic E-state index is 4.28. The lowest BCUT2D eigenvalue weighted by atomic mass is 10.1. The van der Waals surface area contributed by atoms with Crippen LogP contribution in [0.25, 0.3) is 0 Å². The van der Waals surface area contributed by atoms with Crippen molar-refractivity contribution >= 4 is 21.7 Å². The first-order valence-electron chi connectivity index (χ1n) is 6.55. The predicted octanol–water partition coefficient (Wildman–Crippen LogP) is 3.10. The molecule has 3 aromatic rings. The first kappa shape index (κ1) is 13.8. The molecule has 0 unspecified atom stereocenters. The van der Waals surface area contributed by atoms with Crippen molar-refractivity contribution in [1.82, 2.24) is 19.7 Å². The van der Waals surface area contributed by atoms with E-state index in [0.717, 1.165) is 23.4 Å². The van der Waals surface area contributed by atoms with E-state index < -0.39 is 0 Å². The van der Waals surface area contributed by atoms with Gasteiger partial charge in [-0.05, 0) is 39.2 Å². The third-order valence-electron chi connectivity index (χ3n) is 3.04. The van der Waals surface area contributed by atoms with E-state index in [0.29, 0.717) is 0 Å². The van der Waals surface area contributed by atoms with Crippen LogP contribution in [0.2, 0.25) is 0 Å². The summed E-state index contributed by atoms with van der Waals surface area (Å²) in [4.78, 5) is 8.22. The van der Waals surface area contributed by atoms with Gasteiger partial charge in [0.25, 0.3) is 0 Å². The Morgan fingerprint density at radius 2 is 1.86 bits per heavy atom. The second-order valence-corrected chi connectivity index (χ2v) is 5.54. The van der Waals surface area contributed by atoms with Crippen molar-refractivity contribution < 1.29 is 0 Å². The fourth-order valence-corrected chi connectivity index (χ4v) is 2.17. The van der Waals surface area contributed by atoms with E-state index in [4.69, 9.17) is 0 Å². The van der Waals surface area contributed by atoms with Crippen LogP contribution >= 0.6 is 15.9 Å². The highest BCUT2D eigenvalue weighted by molar-refractivity contribution is 9.10. The zero-order valence-electron chi connectivity index (χ0n) is 11.3. The van der Waals surface area contributed by atoms with E-state index in [-0.39, 0.29) is 0 Å². The lowest BCUT2D eigenvalue weighted by Crippen LogP contribution is -2.02. The van der Waals surface area contributed by atoms with E-state index in [1.54, 1.807) is 23.5 Å². The van der Waals surface area contributed by atoms with Gasteiger partial charge in [0.15, 0.2) is 0 Å². The van der Waals surface area contributed by atoms with Crippen molar-refractivity contribution in [2.75, 3.05) is 5.32 Å². The second kappa shape index (κ2) is 6.49. The van der Waals surface area contributed by atoms with Crippen molar-refractivity contribution in [1.29, 1.82) is 0 Å². The molecule has 0 aliphatic heterocycles. The number of hydrogen-bond donors (Lipinski definition) is 1. The summed E-state index contributed by atoms with van der Waals surface area (Å²) in [6, 6.07) is 12.3. The van der Waals surface area contributed by atoms with E-state index >= 15 is 0 Å². The average Bonchev–Trinajstić information content (AvgIpc) is 3.01. The molecule has 0 bridgehead atoms. The van der Waals surface area contributed by atoms with Crippen molar-refractivity contribution in [3.63, 3.8) is 0 Å². The molecule has 0 radical (unpaired) electrons. The Morgan fingerprint density at radius 3 is 2.52 bits per heavy atom. The van der Waals surface area contributed by atoms with Crippen LogP contribution in [-0.4, -0.2) is 19.7 Å². The van der Waals surface area contributed by atoms with Gasteiger partial charge in [0, 0.05) is 17.2 Å². The van der Waals surface area contributed by atoms with Crippen LogP contribution in [0.15, 0.2) is 59.7 Å². The van der Waals surface area contributed by atoms with E-state index in [1.807, 2.05) is 12.1 Å². The molecule has 5 nitrogen and oxygen atoms in total. The summed E-state index contributed by atoms with van der Waals surface area (Å²) in [5, 5.41) is 7.39. The monoisotopic (exact) mass is 343 g/mol. The minimum Gasteiger partial charge on any atom is -0.366 e. The Labute approximate surface area is 131 Å². The maximum absolute atomic E-state index is 4.28. The molecule has 106 valence electrons. The standard InChI is InChI=1S/C15H14BrN5/c16-14-5-6-15(19-8-14)18-7-12-1-3-13(4-2-12)9-21-11-17-10-20-21/h1-6,8,10-11H,7,9H2,(H,18,19). The summed E-state index contributed by atoms with van der Waals surface area (Å²) < 4.78 is 2.78. The van der Waals surface area contributed by atoms with E-state index in [9.17, 15) is 0 Å². The predicted molar refractivity (Wildman–Crippen MR) is 84.8 cm³/mol. The number of nitrogens with zero attached hydrogens (tertiary/aromatic N) is 4. The first-order chi connectivity index (χ1) is 10.3. The zero-order valence-corrected chi connectivity index (χ0v) is 12.9. The fourth-order valence-electron chi connectivity index (χ4n) is 1.94. The molecule has 0 aliphatic rings. The van der Waals surface area contributed by atoms with Crippen molar-refractivity contribution in [3.05, 3.63) is 70.8 Å². The Kier molecular flexibility index (Phi) is 4.25. The highest BCUT2D eigenvalue weighted by Crippen LogP contribution is 2.12. The van der Waals surface area contributed by atoms with Crippen molar-refractivity contribution in [3.8, 4) is 0 Å². The summed E-state index contributed by atoms with van der Waals surface area (Å²) in [5.74, 6) is 0.866. The van der Waals surface area contributed by atoms with Gasteiger partial charge in [-0.2, -0.15) is 5.10 Å². The summed E-state index contributed by atoms with van der Waals surface area (Å²) in [6.07, 6.45) is 5.04. The smallest absolute Gasteiger partial charge is 0.137 e. The van der Waals surface area contributed by atoms with Crippen LogP contribution < -0.4 is 5.32 Å². The van der Waals surface area contributed by atoms with Gasteiger partial charge in [0.05, 0.1) is 6.54 Å². The number of aromatic nitrogens is 4. The fraction of sp³-hybridized carbons (Fsp3) is 0.133. The van der Waals surface area contributed by atoms with Crippen LogP contribution in [0.3, 0.4) is 0 Å². The number of hydrogen-bond acceptors (Lipinski definition) is 4. The molecular formula is C15H14BrN5. The SMILES string of the molecule is Brc1ccc(NCc2ccc(Cn3cncn3)cc2)nc1. The van der Waals surface area contributed by atoms with Crippen LogP contribution in [-0.2, 0) is 13.1 Å².